The van der Waals surface area contributed by atoms with Gasteiger partial charge in [-0.3, -0.25) is 4.79 Å². The normalized spacial score (nSPS) is 10.8. The van der Waals surface area contributed by atoms with Crippen molar-refractivity contribution < 1.29 is 32.2 Å². The molecule has 36 heavy (non-hydrogen) atoms. The molecule has 0 aliphatic carbocycles. The van der Waals surface area contributed by atoms with E-state index in [1.165, 1.54) is 24.3 Å². The van der Waals surface area contributed by atoms with Crippen LogP contribution in [0.3, 0.4) is 0 Å². The van der Waals surface area contributed by atoms with Gasteiger partial charge in [-0.25, -0.2) is 4.98 Å². The van der Waals surface area contributed by atoms with Gasteiger partial charge < -0.3 is 24.5 Å². The van der Waals surface area contributed by atoms with E-state index in [0.717, 1.165) is 0 Å². The second kappa shape index (κ2) is 12.4. The van der Waals surface area contributed by atoms with Crippen LogP contribution in [-0.4, -0.2) is 49.4 Å². The maximum atomic E-state index is 13.0. The number of anilines is 1. The van der Waals surface area contributed by atoms with Crippen LogP contribution in [0.2, 0.25) is 0 Å². The highest BCUT2D eigenvalue weighted by Crippen LogP contribution is 2.32. The quantitative estimate of drug-likeness (QED) is 0.341. The first kappa shape index (κ1) is 26.3. The molecule has 0 atom stereocenters. The second-order valence-corrected chi connectivity index (χ2v) is 7.20. The van der Waals surface area contributed by atoms with Gasteiger partial charge in [0.2, 0.25) is 0 Å². The maximum absolute atomic E-state index is 13.0. The molecule has 0 saturated carbocycles. The third-order valence-corrected chi connectivity index (χ3v) is 4.61. The fourth-order valence-electron chi connectivity index (χ4n) is 2.92. The Morgan fingerprint density at radius 2 is 1.89 bits per heavy atom. The number of H-pyrrole nitrogens is 1. The highest BCUT2D eigenvalue weighted by Gasteiger charge is 2.33. The number of hydrogen-bond acceptors (Lipinski definition) is 6. The minimum atomic E-state index is -4.58. The number of halogens is 3. The molecule has 0 saturated heterocycles. The Labute approximate surface area is 205 Å². The number of carbonyl (C=O) groups excluding carboxylic acids is 1. The predicted octanol–water partition coefficient (Wildman–Crippen LogP) is 4.00. The van der Waals surface area contributed by atoms with Crippen LogP contribution in [0.5, 0.6) is 5.75 Å². The fourth-order valence-corrected chi connectivity index (χ4v) is 2.92. The predicted molar refractivity (Wildman–Crippen MR) is 124 cm³/mol. The largest absolute Gasteiger partial charge is 0.489 e. The van der Waals surface area contributed by atoms with Crippen molar-refractivity contribution in [3.63, 3.8) is 0 Å². The minimum absolute atomic E-state index is 0.0355. The van der Waals surface area contributed by atoms with E-state index in [1.807, 2.05) is 6.07 Å². The fraction of sp³-hybridized carbons (Fsp3) is 0.240. The summed E-state index contributed by atoms with van der Waals surface area (Å²) >= 11 is 0. The van der Waals surface area contributed by atoms with Gasteiger partial charge in [0.15, 0.2) is 0 Å². The summed E-state index contributed by atoms with van der Waals surface area (Å²) in [4.78, 5) is 18.5. The number of methoxy groups -OCH3 is 1. The summed E-state index contributed by atoms with van der Waals surface area (Å²) in [6, 6.07) is 12.9. The Hall–Kier alpha value is -4.32. The van der Waals surface area contributed by atoms with Crippen LogP contribution >= 0.6 is 0 Å². The van der Waals surface area contributed by atoms with Gasteiger partial charge in [0.1, 0.15) is 23.9 Å². The molecule has 0 bridgehead atoms. The molecule has 186 valence electrons. The number of rotatable bonds is 9. The summed E-state index contributed by atoms with van der Waals surface area (Å²) in [6.45, 7) is 1.21. The van der Waals surface area contributed by atoms with Crippen molar-refractivity contribution in [2.45, 2.75) is 6.18 Å². The SMILES string of the molecule is COCCOCCOc1ccc(-c2ncc(C(F)(F)F)[nH]2)cc1NC(=O)C#Cc1cccc(C#N)c1. The van der Waals surface area contributed by atoms with Crippen molar-refractivity contribution in [3.8, 4) is 35.0 Å². The average molecular weight is 498 g/mol. The number of nitrogens with zero attached hydrogens (tertiary/aromatic N) is 2. The number of imidazole rings is 1. The molecule has 11 heteroatoms. The number of aromatic nitrogens is 2. The van der Waals surface area contributed by atoms with Crippen LogP contribution in [0.4, 0.5) is 18.9 Å². The number of nitriles is 1. The van der Waals surface area contributed by atoms with E-state index >= 15 is 0 Å². The van der Waals surface area contributed by atoms with Crippen molar-refractivity contribution in [3.05, 3.63) is 65.5 Å². The summed E-state index contributed by atoms with van der Waals surface area (Å²) in [6.07, 6.45) is -3.89. The molecule has 2 aromatic carbocycles. The Balaban J connectivity index is 1.80. The van der Waals surface area contributed by atoms with Gasteiger partial charge in [-0.05, 0) is 36.4 Å². The Kier molecular flexibility index (Phi) is 9.06. The zero-order valence-corrected chi connectivity index (χ0v) is 19.1. The van der Waals surface area contributed by atoms with Crippen LogP contribution < -0.4 is 10.1 Å². The topological polar surface area (TPSA) is 109 Å². The minimum Gasteiger partial charge on any atom is -0.489 e. The number of alkyl halides is 3. The van der Waals surface area contributed by atoms with Crippen molar-refractivity contribution >= 4 is 11.6 Å². The highest BCUT2D eigenvalue weighted by atomic mass is 19.4. The maximum Gasteiger partial charge on any atom is 0.432 e. The van der Waals surface area contributed by atoms with E-state index in [-0.39, 0.29) is 30.5 Å². The third-order valence-electron chi connectivity index (χ3n) is 4.61. The van der Waals surface area contributed by atoms with Crippen molar-refractivity contribution in [2.24, 2.45) is 0 Å². The Morgan fingerprint density at radius 1 is 1.11 bits per heavy atom. The number of benzene rings is 2. The van der Waals surface area contributed by atoms with E-state index in [4.69, 9.17) is 19.5 Å². The van der Waals surface area contributed by atoms with Gasteiger partial charge in [0.05, 0.1) is 43.3 Å². The van der Waals surface area contributed by atoms with Crippen LogP contribution in [0.25, 0.3) is 11.4 Å². The number of nitrogens with one attached hydrogen (secondary N) is 2. The molecule has 3 aromatic rings. The lowest BCUT2D eigenvalue weighted by Crippen LogP contribution is -2.13. The molecule has 1 aromatic heterocycles. The summed E-state index contributed by atoms with van der Waals surface area (Å²) in [5, 5.41) is 11.6. The van der Waals surface area contributed by atoms with E-state index in [1.54, 1.807) is 25.3 Å². The standard InChI is InChI=1S/C25H21F3N4O4/c1-34-9-10-35-11-12-36-21-7-6-19(24-30-16-22(32-24)25(26,27)28)14-20(21)31-23(33)8-5-17-3-2-4-18(13-17)15-29/h2-4,6-7,13-14,16H,9-12H2,1H3,(H,30,32)(H,31,33). The Bertz CT molecular complexity index is 1300. The molecule has 1 amide bonds. The van der Waals surface area contributed by atoms with Gasteiger partial charge in [0, 0.05) is 24.2 Å². The van der Waals surface area contributed by atoms with Gasteiger partial charge in [-0.15, -0.1) is 0 Å². The van der Waals surface area contributed by atoms with E-state index in [2.05, 4.69) is 27.1 Å². The summed E-state index contributed by atoms with van der Waals surface area (Å²) in [7, 11) is 1.55. The number of hydrogen-bond donors (Lipinski definition) is 2. The molecule has 0 unspecified atom stereocenters. The number of carbonyl (C=O) groups is 1. The molecular formula is C25H21F3N4O4. The summed E-state index contributed by atoms with van der Waals surface area (Å²) in [5.41, 5.74) is 0.341. The second-order valence-electron chi connectivity index (χ2n) is 7.20. The zero-order chi connectivity index (χ0) is 26.0. The van der Waals surface area contributed by atoms with Gasteiger partial charge >= 0.3 is 12.1 Å². The van der Waals surface area contributed by atoms with Gasteiger partial charge in [0.25, 0.3) is 0 Å². The molecule has 0 fully saturated rings. The molecule has 3 rings (SSSR count). The van der Waals surface area contributed by atoms with E-state index < -0.39 is 17.8 Å². The van der Waals surface area contributed by atoms with Crippen molar-refractivity contribution in [1.82, 2.24) is 9.97 Å². The van der Waals surface area contributed by atoms with Crippen molar-refractivity contribution in [2.75, 3.05) is 38.9 Å². The number of ether oxygens (including phenoxy) is 3. The first-order valence-corrected chi connectivity index (χ1v) is 10.6. The van der Waals surface area contributed by atoms with E-state index in [9.17, 15) is 18.0 Å². The first-order valence-electron chi connectivity index (χ1n) is 10.6. The molecule has 2 N–H and O–H groups in total. The molecule has 8 nitrogen and oxygen atoms in total. The van der Waals surface area contributed by atoms with Crippen LogP contribution in [0, 0.1) is 23.2 Å². The molecule has 0 aliphatic rings. The van der Waals surface area contributed by atoms with Crippen molar-refractivity contribution in [1.29, 1.82) is 5.26 Å². The molecule has 0 spiro atoms. The van der Waals surface area contributed by atoms with Gasteiger partial charge in [-0.2, -0.15) is 18.4 Å². The van der Waals surface area contributed by atoms with Crippen LogP contribution in [0.1, 0.15) is 16.8 Å². The highest BCUT2D eigenvalue weighted by molar-refractivity contribution is 6.05. The van der Waals surface area contributed by atoms with Gasteiger partial charge in [-0.1, -0.05) is 12.0 Å². The average Bonchev–Trinajstić information content (AvgIpc) is 3.37. The zero-order valence-electron chi connectivity index (χ0n) is 19.1. The smallest absolute Gasteiger partial charge is 0.432 e. The molecule has 0 radical (unpaired) electrons. The first-order chi connectivity index (χ1) is 17.3. The number of amides is 1. The third kappa shape index (κ3) is 7.60. The lowest BCUT2D eigenvalue weighted by Gasteiger charge is -2.13. The lowest BCUT2D eigenvalue weighted by molar-refractivity contribution is -0.140. The molecule has 0 aliphatic heterocycles. The molecular weight excluding hydrogens is 477 g/mol. The lowest BCUT2D eigenvalue weighted by atomic mass is 10.1. The van der Waals surface area contributed by atoms with Crippen LogP contribution in [-0.2, 0) is 20.4 Å². The Morgan fingerprint density at radius 3 is 2.61 bits per heavy atom. The van der Waals surface area contributed by atoms with E-state index in [0.29, 0.717) is 36.1 Å². The summed E-state index contributed by atoms with van der Waals surface area (Å²) < 4.78 is 54.8. The monoisotopic (exact) mass is 498 g/mol. The molecule has 1 heterocycles. The van der Waals surface area contributed by atoms with Crippen LogP contribution in [0.15, 0.2) is 48.7 Å². The summed E-state index contributed by atoms with van der Waals surface area (Å²) in [5.74, 6) is 4.63. The number of aromatic amines is 1.